The number of carbonyl (C=O) groups is 2. The van der Waals surface area contributed by atoms with Crippen molar-refractivity contribution in [1.82, 2.24) is 20.3 Å². The van der Waals surface area contributed by atoms with Crippen LogP contribution in [0.4, 0.5) is 14.7 Å². The van der Waals surface area contributed by atoms with Crippen molar-refractivity contribution in [2.45, 2.75) is 0 Å². The largest absolute Gasteiger partial charge is 0.497 e. The van der Waals surface area contributed by atoms with Gasteiger partial charge in [0, 0.05) is 44.1 Å². The van der Waals surface area contributed by atoms with Gasteiger partial charge in [-0.05, 0) is 41.5 Å². The van der Waals surface area contributed by atoms with Gasteiger partial charge >= 0.3 is 0 Å². The summed E-state index contributed by atoms with van der Waals surface area (Å²) in [6.45, 7) is 1.62. The fourth-order valence-corrected chi connectivity index (χ4v) is 3.75. The lowest BCUT2D eigenvalue weighted by molar-refractivity contribution is -0.125. The number of rotatable bonds is 6. The van der Waals surface area contributed by atoms with Crippen molar-refractivity contribution in [3.05, 3.63) is 83.2 Å². The quantitative estimate of drug-likeness (QED) is 0.234. The predicted molar refractivity (Wildman–Crippen MR) is 127 cm³/mol. The fourth-order valence-electron chi connectivity index (χ4n) is 3.75. The number of hydrogen-bond donors (Lipinski definition) is 2. The molecule has 1 saturated heterocycles. The lowest BCUT2D eigenvalue weighted by Crippen LogP contribution is -2.49. The normalized spacial score (nSPS) is 13.9. The molecule has 1 aliphatic heterocycles. The minimum atomic E-state index is -0.999. The molecule has 0 atom stereocenters. The minimum Gasteiger partial charge on any atom is -0.497 e. The number of benzene rings is 2. The van der Waals surface area contributed by atoms with E-state index in [0.717, 1.165) is 12.1 Å². The van der Waals surface area contributed by atoms with E-state index < -0.39 is 17.5 Å². The Bertz CT molecular complexity index is 1270. The van der Waals surface area contributed by atoms with Crippen molar-refractivity contribution in [2.75, 3.05) is 38.2 Å². The third kappa shape index (κ3) is 5.47. The number of hydrogen-bond acceptors (Lipinski definition) is 7. The molecular formula is C25H23F2N5O4. The molecule has 1 aromatic heterocycles. The second-order valence-electron chi connectivity index (χ2n) is 7.95. The molecule has 0 radical (unpaired) electrons. The highest BCUT2D eigenvalue weighted by Gasteiger charge is 2.26. The molecule has 11 heteroatoms. The molecule has 2 N–H and O–H groups in total. The van der Waals surface area contributed by atoms with Gasteiger partial charge in [0.2, 0.25) is 5.95 Å². The third-order valence-electron chi connectivity index (χ3n) is 5.74. The number of nitrogens with one attached hydrogen (secondary N) is 1. The van der Waals surface area contributed by atoms with Crippen LogP contribution in [0.3, 0.4) is 0 Å². The van der Waals surface area contributed by atoms with Crippen molar-refractivity contribution in [2.24, 2.45) is 0 Å². The number of carbonyl (C=O) groups excluding carboxylic acids is 2. The minimum absolute atomic E-state index is 0.113. The maximum atomic E-state index is 13.8. The van der Waals surface area contributed by atoms with Crippen LogP contribution in [0.25, 0.3) is 11.6 Å². The van der Waals surface area contributed by atoms with Gasteiger partial charge in [-0.15, -0.1) is 0 Å². The van der Waals surface area contributed by atoms with E-state index in [4.69, 9.17) is 9.94 Å². The van der Waals surface area contributed by atoms with Gasteiger partial charge in [-0.25, -0.2) is 24.2 Å². The SMILES string of the molecule is COc1ccc(C(=Cc2ccc(F)c(F)c2)C(=O)N2CCN(c3ncc(C(=O)NO)cn3)CC2)cc1. The van der Waals surface area contributed by atoms with Gasteiger partial charge in [-0.3, -0.25) is 14.8 Å². The Kier molecular flexibility index (Phi) is 7.50. The molecule has 2 heterocycles. The summed E-state index contributed by atoms with van der Waals surface area (Å²) in [5.74, 6) is -1.93. The second kappa shape index (κ2) is 10.9. The van der Waals surface area contributed by atoms with E-state index in [1.165, 1.54) is 37.1 Å². The van der Waals surface area contributed by atoms with E-state index in [-0.39, 0.29) is 11.5 Å². The first-order valence-corrected chi connectivity index (χ1v) is 11.0. The molecule has 186 valence electrons. The van der Waals surface area contributed by atoms with Gasteiger partial charge in [0.05, 0.1) is 12.7 Å². The zero-order valence-electron chi connectivity index (χ0n) is 19.3. The van der Waals surface area contributed by atoms with E-state index >= 15 is 0 Å². The van der Waals surface area contributed by atoms with Crippen LogP contribution in [0.5, 0.6) is 5.75 Å². The molecule has 2 amide bonds. The molecule has 3 aromatic rings. The summed E-state index contributed by atoms with van der Waals surface area (Å²) < 4.78 is 32.4. The van der Waals surface area contributed by atoms with Crippen LogP contribution in [0, 0.1) is 11.6 Å². The van der Waals surface area contributed by atoms with Crippen LogP contribution < -0.4 is 15.1 Å². The van der Waals surface area contributed by atoms with Crippen LogP contribution in [0.1, 0.15) is 21.5 Å². The number of methoxy groups -OCH3 is 1. The summed E-state index contributed by atoms with van der Waals surface area (Å²) in [6.07, 6.45) is 4.14. The van der Waals surface area contributed by atoms with E-state index in [1.54, 1.807) is 29.2 Å². The number of amides is 2. The molecule has 1 fully saturated rings. The summed E-state index contributed by atoms with van der Waals surface area (Å²) in [6, 6.07) is 10.4. The fraction of sp³-hybridized carbons (Fsp3) is 0.200. The topological polar surface area (TPSA) is 108 Å². The van der Waals surface area contributed by atoms with Crippen LogP contribution in [0.15, 0.2) is 54.9 Å². The van der Waals surface area contributed by atoms with Crippen molar-refractivity contribution >= 4 is 29.4 Å². The average molecular weight is 495 g/mol. The van der Waals surface area contributed by atoms with E-state index in [0.29, 0.717) is 54.6 Å². The molecule has 9 nitrogen and oxygen atoms in total. The average Bonchev–Trinajstić information content (AvgIpc) is 2.93. The maximum absolute atomic E-state index is 13.8. The summed E-state index contributed by atoms with van der Waals surface area (Å²) in [5.41, 5.74) is 2.92. The van der Waals surface area contributed by atoms with E-state index in [2.05, 4.69) is 9.97 Å². The molecule has 0 saturated carbocycles. The van der Waals surface area contributed by atoms with Gasteiger partial charge in [0.15, 0.2) is 11.6 Å². The van der Waals surface area contributed by atoms with Crippen LogP contribution >= 0.6 is 0 Å². The number of ether oxygens (including phenoxy) is 1. The Hall–Kier alpha value is -4.38. The van der Waals surface area contributed by atoms with Crippen LogP contribution in [0.2, 0.25) is 0 Å². The molecular weight excluding hydrogens is 472 g/mol. The molecule has 0 spiro atoms. The van der Waals surface area contributed by atoms with Crippen molar-refractivity contribution in [3.63, 3.8) is 0 Å². The Morgan fingerprint density at radius 1 is 0.972 bits per heavy atom. The molecule has 1 aliphatic rings. The number of hydroxylamine groups is 1. The Balaban J connectivity index is 1.54. The highest BCUT2D eigenvalue weighted by Crippen LogP contribution is 2.25. The summed E-state index contributed by atoms with van der Waals surface area (Å²) in [4.78, 5) is 36.9. The first kappa shape index (κ1) is 24.7. The first-order chi connectivity index (χ1) is 17.4. The smallest absolute Gasteiger partial charge is 0.277 e. The predicted octanol–water partition coefficient (Wildman–Crippen LogP) is 2.77. The number of anilines is 1. The van der Waals surface area contributed by atoms with Crippen LogP contribution in [-0.4, -0.2) is 65.2 Å². The highest BCUT2D eigenvalue weighted by molar-refractivity contribution is 6.24. The zero-order valence-corrected chi connectivity index (χ0v) is 19.3. The van der Waals surface area contributed by atoms with Crippen molar-refractivity contribution in [3.8, 4) is 5.75 Å². The standard InChI is InChI=1S/C25H23F2N5O4/c1-36-19-5-3-17(4-6-19)20(12-16-2-7-21(26)22(27)13-16)24(34)31-8-10-32(11-9-31)25-28-14-18(15-29-25)23(33)30-35/h2-7,12-15,35H,8-11H2,1H3,(H,30,33). The Morgan fingerprint density at radius 2 is 1.64 bits per heavy atom. The number of aromatic nitrogens is 2. The number of nitrogens with zero attached hydrogens (tertiary/aromatic N) is 4. The monoisotopic (exact) mass is 495 g/mol. The Morgan fingerprint density at radius 3 is 2.22 bits per heavy atom. The summed E-state index contributed by atoms with van der Waals surface area (Å²) in [5, 5.41) is 8.71. The van der Waals surface area contributed by atoms with Gasteiger partial charge in [-0.1, -0.05) is 18.2 Å². The summed E-state index contributed by atoms with van der Waals surface area (Å²) in [7, 11) is 1.54. The van der Waals surface area contributed by atoms with Gasteiger partial charge in [0.25, 0.3) is 11.8 Å². The van der Waals surface area contributed by atoms with Crippen molar-refractivity contribution < 1.29 is 28.3 Å². The molecule has 0 unspecified atom stereocenters. The molecule has 0 bridgehead atoms. The van der Waals surface area contributed by atoms with Crippen molar-refractivity contribution in [1.29, 1.82) is 0 Å². The molecule has 4 rings (SSSR count). The lowest BCUT2D eigenvalue weighted by atomic mass is 10.0. The van der Waals surface area contributed by atoms with E-state index in [9.17, 15) is 18.4 Å². The van der Waals surface area contributed by atoms with Gasteiger partial charge < -0.3 is 14.5 Å². The van der Waals surface area contributed by atoms with E-state index in [1.807, 2.05) is 4.90 Å². The Labute approximate surface area is 205 Å². The molecule has 2 aromatic carbocycles. The number of halogens is 2. The van der Waals surface area contributed by atoms with Gasteiger partial charge in [0.1, 0.15) is 5.75 Å². The van der Waals surface area contributed by atoms with Crippen LogP contribution in [-0.2, 0) is 4.79 Å². The highest BCUT2D eigenvalue weighted by atomic mass is 19.2. The van der Waals surface area contributed by atoms with Gasteiger partial charge in [-0.2, -0.15) is 0 Å². The maximum Gasteiger partial charge on any atom is 0.277 e. The second-order valence-corrected chi connectivity index (χ2v) is 7.95. The number of piperazine rings is 1. The molecule has 0 aliphatic carbocycles. The lowest BCUT2D eigenvalue weighted by Gasteiger charge is -2.35. The first-order valence-electron chi connectivity index (χ1n) is 11.0. The summed E-state index contributed by atoms with van der Waals surface area (Å²) >= 11 is 0. The molecule has 36 heavy (non-hydrogen) atoms. The third-order valence-corrected chi connectivity index (χ3v) is 5.74. The zero-order chi connectivity index (χ0) is 25.7.